The number of aliphatic carboxylic acids is 1. The fraction of sp³-hybridized carbons (Fsp3) is 0.250. The van der Waals surface area contributed by atoms with Crippen molar-refractivity contribution in [2.24, 2.45) is 0 Å². The van der Waals surface area contributed by atoms with Crippen LogP contribution in [0.2, 0.25) is 5.02 Å². The van der Waals surface area contributed by atoms with Gasteiger partial charge in [0.1, 0.15) is 12.4 Å². The van der Waals surface area contributed by atoms with Gasteiger partial charge in [0, 0.05) is 11.1 Å². The molecule has 4 heteroatoms. The summed E-state index contributed by atoms with van der Waals surface area (Å²) in [4.78, 5) is 10.4. The first-order chi connectivity index (χ1) is 7.49. The molecule has 3 nitrogen and oxygen atoms in total. The van der Waals surface area contributed by atoms with Crippen LogP contribution in [-0.2, 0) is 4.79 Å². The van der Waals surface area contributed by atoms with Gasteiger partial charge < -0.3 is 9.84 Å². The summed E-state index contributed by atoms with van der Waals surface area (Å²) in [5.41, 5.74) is 1.58. The summed E-state index contributed by atoms with van der Waals surface area (Å²) in [7, 11) is 0. The second kappa shape index (κ2) is 5.56. The fourth-order valence-electron chi connectivity index (χ4n) is 1.22. The van der Waals surface area contributed by atoms with Crippen LogP contribution in [0.3, 0.4) is 0 Å². The van der Waals surface area contributed by atoms with Crippen molar-refractivity contribution >= 4 is 17.6 Å². The number of ether oxygens (including phenoxy) is 1. The number of carboxylic acid groups (broad SMARTS) is 1. The van der Waals surface area contributed by atoms with E-state index in [1.807, 2.05) is 6.92 Å². The van der Waals surface area contributed by atoms with Gasteiger partial charge in [-0.2, -0.15) is 0 Å². The molecule has 0 heterocycles. The van der Waals surface area contributed by atoms with Crippen LogP contribution in [0.15, 0.2) is 29.8 Å². The molecule has 0 aliphatic heterocycles. The first-order valence-corrected chi connectivity index (χ1v) is 5.16. The van der Waals surface area contributed by atoms with E-state index in [9.17, 15) is 4.79 Å². The van der Waals surface area contributed by atoms with Crippen LogP contribution in [0.5, 0.6) is 5.75 Å². The molecule has 0 aliphatic carbocycles. The molecular weight excluding hydrogens is 228 g/mol. The Morgan fingerprint density at radius 2 is 2.25 bits per heavy atom. The Balaban J connectivity index is 2.65. The Labute approximate surface area is 99.3 Å². The minimum absolute atomic E-state index is 0.259. The highest BCUT2D eigenvalue weighted by atomic mass is 35.5. The minimum Gasteiger partial charge on any atom is -0.489 e. The Morgan fingerprint density at radius 3 is 2.81 bits per heavy atom. The van der Waals surface area contributed by atoms with Crippen molar-refractivity contribution < 1.29 is 14.6 Å². The molecule has 0 spiro atoms. The summed E-state index contributed by atoms with van der Waals surface area (Å²) in [6, 6.07) is 5.30. The Morgan fingerprint density at radius 1 is 1.56 bits per heavy atom. The number of hydrogen-bond acceptors (Lipinski definition) is 2. The topological polar surface area (TPSA) is 46.5 Å². The van der Waals surface area contributed by atoms with Crippen LogP contribution in [0.25, 0.3) is 0 Å². The van der Waals surface area contributed by atoms with Gasteiger partial charge in [-0.15, -0.1) is 0 Å². The molecular formula is C12H13ClO3. The van der Waals surface area contributed by atoms with E-state index >= 15 is 0 Å². The van der Waals surface area contributed by atoms with Gasteiger partial charge in [-0.3, -0.25) is 0 Å². The molecule has 0 aliphatic rings. The van der Waals surface area contributed by atoms with E-state index in [0.29, 0.717) is 16.3 Å². The number of benzene rings is 1. The molecule has 86 valence electrons. The van der Waals surface area contributed by atoms with Crippen molar-refractivity contribution in [3.63, 3.8) is 0 Å². The number of halogens is 1. The summed E-state index contributed by atoms with van der Waals surface area (Å²) >= 11 is 5.80. The zero-order valence-electron chi connectivity index (χ0n) is 9.16. The van der Waals surface area contributed by atoms with Gasteiger partial charge >= 0.3 is 5.97 Å². The molecule has 0 saturated carbocycles. The monoisotopic (exact) mass is 240 g/mol. The van der Waals surface area contributed by atoms with Gasteiger partial charge in [-0.05, 0) is 43.2 Å². The van der Waals surface area contributed by atoms with Gasteiger partial charge in [0.25, 0.3) is 0 Å². The molecule has 1 aromatic carbocycles. The minimum atomic E-state index is -0.964. The lowest BCUT2D eigenvalue weighted by molar-refractivity contribution is -0.131. The van der Waals surface area contributed by atoms with Crippen LogP contribution >= 0.6 is 11.6 Å². The lowest BCUT2D eigenvalue weighted by Crippen LogP contribution is -2.02. The number of carboxylic acids is 1. The highest BCUT2D eigenvalue weighted by Gasteiger charge is 2.01. The number of hydrogen-bond donors (Lipinski definition) is 1. The van der Waals surface area contributed by atoms with E-state index in [0.717, 1.165) is 11.6 Å². The third kappa shape index (κ3) is 3.95. The smallest absolute Gasteiger partial charge is 0.328 e. The zero-order chi connectivity index (χ0) is 12.1. The van der Waals surface area contributed by atoms with E-state index in [4.69, 9.17) is 21.4 Å². The predicted octanol–water partition coefficient (Wildman–Crippen LogP) is 3.06. The van der Waals surface area contributed by atoms with Gasteiger partial charge in [0.15, 0.2) is 0 Å². The SMILES string of the molecule is C/C(=C\C(=O)O)COc1ccc(Cl)cc1C. The summed E-state index contributed by atoms with van der Waals surface area (Å²) in [6.07, 6.45) is 1.13. The van der Waals surface area contributed by atoms with Crippen molar-refractivity contribution in [3.8, 4) is 5.75 Å². The maximum absolute atomic E-state index is 10.4. The van der Waals surface area contributed by atoms with Crippen LogP contribution < -0.4 is 4.74 Å². The molecule has 0 aromatic heterocycles. The average molecular weight is 241 g/mol. The second-order valence-corrected chi connectivity index (χ2v) is 3.96. The molecule has 0 amide bonds. The predicted molar refractivity (Wildman–Crippen MR) is 63.1 cm³/mol. The number of carbonyl (C=O) groups is 1. The third-order valence-corrected chi connectivity index (χ3v) is 2.20. The summed E-state index contributed by atoms with van der Waals surface area (Å²) < 4.78 is 5.46. The summed E-state index contributed by atoms with van der Waals surface area (Å²) in [5, 5.41) is 9.18. The average Bonchev–Trinajstić information content (AvgIpc) is 2.15. The fourth-order valence-corrected chi connectivity index (χ4v) is 1.45. The molecule has 0 radical (unpaired) electrons. The van der Waals surface area contributed by atoms with Crippen molar-refractivity contribution in [3.05, 3.63) is 40.4 Å². The highest BCUT2D eigenvalue weighted by molar-refractivity contribution is 6.30. The van der Waals surface area contributed by atoms with Crippen molar-refractivity contribution in [2.45, 2.75) is 13.8 Å². The van der Waals surface area contributed by atoms with Crippen LogP contribution in [0, 0.1) is 6.92 Å². The highest BCUT2D eigenvalue weighted by Crippen LogP contribution is 2.22. The number of rotatable bonds is 4. The van der Waals surface area contributed by atoms with Crippen molar-refractivity contribution in [1.29, 1.82) is 0 Å². The third-order valence-electron chi connectivity index (χ3n) is 1.96. The van der Waals surface area contributed by atoms with E-state index in [2.05, 4.69) is 0 Å². The molecule has 16 heavy (non-hydrogen) atoms. The molecule has 0 atom stereocenters. The van der Waals surface area contributed by atoms with E-state index in [1.54, 1.807) is 25.1 Å². The molecule has 1 aromatic rings. The van der Waals surface area contributed by atoms with Gasteiger partial charge in [0.05, 0.1) is 0 Å². The normalized spacial score (nSPS) is 11.3. The second-order valence-electron chi connectivity index (χ2n) is 3.53. The molecule has 0 unspecified atom stereocenters. The molecule has 1 N–H and O–H groups in total. The van der Waals surface area contributed by atoms with Crippen LogP contribution in [0.4, 0.5) is 0 Å². The standard InChI is InChI=1S/C12H13ClO3/c1-8(5-12(14)15)7-16-11-4-3-10(13)6-9(11)2/h3-6H,7H2,1-2H3,(H,14,15)/b8-5+. The quantitative estimate of drug-likeness (QED) is 0.823. The Kier molecular flexibility index (Phi) is 4.38. The van der Waals surface area contributed by atoms with Crippen LogP contribution in [-0.4, -0.2) is 17.7 Å². The number of aryl methyl sites for hydroxylation is 1. The lowest BCUT2D eigenvalue weighted by Gasteiger charge is -2.09. The summed E-state index contributed by atoms with van der Waals surface area (Å²) in [6.45, 7) is 3.85. The van der Waals surface area contributed by atoms with Gasteiger partial charge in [-0.25, -0.2) is 4.79 Å². The van der Waals surface area contributed by atoms with Crippen molar-refractivity contribution in [1.82, 2.24) is 0 Å². The Bertz CT molecular complexity index is 424. The first-order valence-electron chi connectivity index (χ1n) is 4.78. The summed E-state index contributed by atoms with van der Waals surface area (Å²) in [5.74, 6) is -0.253. The first kappa shape index (κ1) is 12.6. The van der Waals surface area contributed by atoms with Gasteiger partial charge in [-0.1, -0.05) is 11.6 Å². The van der Waals surface area contributed by atoms with E-state index < -0.39 is 5.97 Å². The maximum atomic E-state index is 10.4. The maximum Gasteiger partial charge on any atom is 0.328 e. The van der Waals surface area contributed by atoms with Gasteiger partial charge in [0.2, 0.25) is 0 Å². The van der Waals surface area contributed by atoms with Crippen molar-refractivity contribution in [2.75, 3.05) is 6.61 Å². The molecule has 0 fully saturated rings. The van der Waals surface area contributed by atoms with E-state index in [-0.39, 0.29) is 6.61 Å². The zero-order valence-corrected chi connectivity index (χ0v) is 9.91. The largest absolute Gasteiger partial charge is 0.489 e. The van der Waals surface area contributed by atoms with Crippen LogP contribution in [0.1, 0.15) is 12.5 Å². The molecule has 1 rings (SSSR count). The Hall–Kier alpha value is -1.48. The van der Waals surface area contributed by atoms with E-state index in [1.165, 1.54) is 0 Å². The molecule has 0 saturated heterocycles. The lowest BCUT2D eigenvalue weighted by atomic mass is 10.2. The molecule has 0 bridgehead atoms.